The molecule has 1 aromatic heterocycles. The molecule has 1 aliphatic heterocycles. The van der Waals surface area contributed by atoms with Gasteiger partial charge in [-0.2, -0.15) is 0 Å². The van der Waals surface area contributed by atoms with E-state index >= 15 is 0 Å². The lowest BCUT2D eigenvalue weighted by molar-refractivity contribution is -0.141. The maximum absolute atomic E-state index is 10.9. The van der Waals surface area contributed by atoms with Crippen molar-refractivity contribution >= 4 is 11.8 Å². The van der Waals surface area contributed by atoms with Gasteiger partial charge in [-0.15, -0.1) is 0 Å². The summed E-state index contributed by atoms with van der Waals surface area (Å²) in [4.78, 5) is 21.1. The average Bonchev–Trinajstić information content (AvgIpc) is 2.82. The Labute approximate surface area is 207 Å². The summed E-state index contributed by atoms with van der Waals surface area (Å²) in [6.45, 7) is 17.4. The molecule has 34 heavy (non-hydrogen) atoms. The average molecular weight is 470 g/mol. The fraction of sp³-hybridized carbons (Fsp3) is 0.793. The number of ether oxygens (including phenoxy) is 1. The number of unbranched alkanes of at least 4 members (excludes halogenated alkanes) is 1. The minimum absolute atomic E-state index is 0.178. The van der Waals surface area contributed by atoms with Crippen LogP contribution in [0.15, 0.2) is 18.2 Å². The second-order valence-corrected chi connectivity index (χ2v) is 12.5. The van der Waals surface area contributed by atoms with E-state index in [9.17, 15) is 4.79 Å². The molecule has 3 fully saturated rings. The standard InChI is InChI=1S/C29H47N3O2/c1-22(33)34-20-7-6-15-31-16-18-32(19-17-31)27-10-8-9-26(30-27)23-11-12-24-25(21-23)29(4,5)14-13-28(24,2)3/h8-10,23-25H,6-7,11-21H2,1-5H3. The highest BCUT2D eigenvalue weighted by molar-refractivity contribution is 5.65. The summed E-state index contributed by atoms with van der Waals surface area (Å²) in [6.07, 6.45) is 8.70. The number of rotatable bonds is 7. The van der Waals surface area contributed by atoms with Crippen molar-refractivity contribution < 1.29 is 9.53 Å². The predicted molar refractivity (Wildman–Crippen MR) is 139 cm³/mol. The Morgan fingerprint density at radius 1 is 1.00 bits per heavy atom. The number of hydrogen-bond donors (Lipinski definition) is 0. The molecular weight excluding hydrogens is 422 g/mol. The molecule has 3 aliphatic rings. The van der Waals surface area contributed by atoms with Crippen LogP contribution >= 0.6 is 0 Å². The van der Waals surface area contributed by atoms with Gasteiger partial charge < -0.3 is 9.64 Å². The number of hydrogen-bond acceptors (Lipinski definition) is 5. The van der Waals surface area contributed by atoms with Crippen LogP contribution < -0.4 is 4.90 Å². The zero-order chi connectivity index (χ0) is 24.3. The molecule has 190 valence electrons. The van der Waals surface area contributed by atoms with E-state index in [4.69, 9.17) is 9.72 Å². The van der Waals surface area contributed by atoms with Gasteiger partial charge in [-0.25, -0.2) is 4.98 Å². The van der Waals surface area contributed by atoms with Crippen molar-refractivity contribution in [3.63, 3.8) is 0 Å². The minimum atomic E-state index is -0.178. The highest BCUT2D eigenvalue weighted by Crippen LogP contribution is 2.59. The summed E-state index contributed by atoms with van der Waals surface area (Å²) in [5.41, 5.74) is 2.26. The molecule has 2 heterocycles. The molecule has 1 aromatic rings. The van der Waals surface area contributed by atoms with E-state index in [1.54, 1.807) is 0 Å². The molecule has 0 bridgehead atoms. The Balaban J connectivity index is 1.31. The maximum Gasteiger partial charge on any atom is 0.302 e. The number of aromatic nitrogens is 1. The van der Waals surface area contributed by atoms with Crippen LogP contribution in [0.25, 0.3) is 0 Å². The molecule has 0 amide bonds. The molecule has 3 unspecified atom stereocenters. The molecule has 0 N–H and O–H groups in total. The fourth-order valence-electron chi connectivity index (χ4n) is 6.95. The minimum Gasteiger partial charge on any atom is -0.466 e. The summed E-state index contributed by atoms with van der Waals surface area (Å²) >= 11 is 0. The molecule has 2 aliphatic carbocycles. The molecule has 0 spiro atoms. The van der Waals surface area contributed by atoms with Gasteiger partial charge in [-0.3, -0.25) is 9.69 Å². The Kier molecular flexibility index (Phi) is 7.91. The largest absolute Gasteiger partial charge is 0.466 e. The third-order valence-corrected chi connectivity index (χ3v) is 9.32. The molecular formula is C29H47N3O2. The number of carbonyl (C=O) groups is 1. The predicted octanol–water partition coefficient (Wildman–Crippen LogP) is 5.89. The molecule has 3 atom stereocenters. The van der Waals surface area contributed by atoms with Gasteiger partial charge in [-0.1, -0.05) is 33.8 Å². The summed E-state index contributed by atoms with van der Waals surface area (Å²) in [5.74, 6) is 3.26. The van der Waals surface area contributed by atoms with Gasteiger partial charge in [0.15, 0.2) is 0 Å². The molecule has 0 aromatic carbocycles. The van der Waals surface area contributed by atoms with Crippen LogP contribution in [0.4, 0.5) is 5.82 Å². The second-order valence-electron chi connectivity index (χ2n) is 12.5. The lowest BCUT2D eigenvalue weighted by Gasteiger charge is -2.56. The Bertz CT molecular complexity index is 828. The molecule has 1 saturated heterocycles. The molecule has 2 saturated carbocycles. The molecule has 0 radical (unpaired) electrons. The highest BCUT2D eigenvalue weighted by Gasteiger charge is 2.50. The highest BCUT2D eigenvalue weighted by atomic mass is 16.5. The number of carbonyl (C=O) groups excluding carboxylic acids is 1. The van der Waals surface area contributed by atoms with E-state index in [0.29, 0.717) is 23.4 Å². The van der Waals surface area contributed by atoms with Gasteiger partial charge in [-0.05, 0) is 86.3 Å². The zero-order valence-electron chi connectivity index (χ0n) is 22.3. The fourth-order valence-corrected chi connectivity index (χ4v) is 6.95. The quantitative estimate of drug-likeness (QED) is 0.368. The van der Waals surface area contributed by atoms with Crippen molar-refractivity contribution in [3.05, 3.63) is 23.9 Å². The van der Waals surface area contributed by atoms with Gasteiger partial charge in [0.1, 0.15) is 5.82 Å². The first-order valence-corrected chi connectivity index (χ1v) is 13.7. The van der Waals surface area contributed by atoms with Gasteiger partial charge in [0.05, 0.1) is 6.61 Å². The van der Waals surface area contributed by atoms with Crippen molar-refractivity contribution in [1.29, 1.82) is 0 Å². The van der Waals surface area contributed by atoms with Crippen molar-refractivity contribution in [1.82, 2.24) is 9.88 Å². The summed E-state index contributed by atoms with van der Waals surface area (Å²) < 4.78 is 5.04. The zero-order valence-corrected chi connectivity index (χ0v) is 22.3. The van der Waals surface area contributed by atoms with E-state index in [-0.39, 0.29) is 5.97 Å². The van der Waals surface area contributed by atoms with E-state index in [1.807, 2.05) is 0 Å². The van der Waals surface area contributed by atoms with Gasteiger partial charge in [0.2, 0.25) is 0 Å². The van der Waals surface area contributed by atoms with Gasteiger partial charge in [0, 0.05) is 44.7 Å². The van der Waals surface area contributed by atoms with Crippen LogP contribution in [0.5, 0.6) is 0 Å². The summed E-state index contributed by atoms with van der Waals surface area (Å²) in [6, 6.07) is 6.73. The van der Waals surface area contributed by atoms with Crippen molar-refractivity contribution in [2.45, 2.75) is 85.5 Å². The van der Waals surface area contributed by atoms with Gasteiger partial charge in [0.25, 0.3) is 0 Å². The van der Waals surface area contributed by atoms with E-state index in [1.165, 1.54) is 44.7 Å². The summed E-state index contributed by atoms with van der Waals surface area (Å²) in [7, 11) is 0. The topological polar surface area (TPSA) is 45.7 Å². The third-order valence-electron chi connectivity index (χ3n) is 9.32. The maximum atomic E-state index is 10.9. The van der Waals surface area contributed by atoms with E-state index in [2.05, 4.69) is 55.7 Å². The number of piperazine rings is 1. The van der Waals surface area contributed by atoms with Crippen LogP contribution in [0.2, 0.25) is 0 Å². The SMILES string of the molecule is CC(=O)OCCCCN1CCN(c2cccc(C3CCC4C(C3)C(C)(C)CCC4(C)C)n2)CC1. The number of anilines is 1. The van der Waals surface area contributed by atoms with Crippen LogP contribution in [-0.4, -0.2) is 55.2 Å². The Morgan fingerprint density at radius 2 is 1.71 bits per heavy atom. The first kappa shape index (κ1) is 25.5. The van der Waals surface area contributed by atoms with E-state index in [0.717, 1.165) is 63.2 Å². The van der Waals surface area contributed by atoms with Gasteiger partial charge >= 0.3 is 5.97 Å². The molecule has 5 nitrogen and oxygen atoms in total. The normalized spacial score (nSPS) is 28.9. The number of fused-ring (bicyclic) bond motifs is 1. The van der Waals surface area contributed by atoms with Crippen LogP contribution in [0.1, 0.15) is 91.2 Å². The molecule has 5 heteroatoms. The monoisotopic (exact) mass is 469 g/mol. The van der Waals surface area contributed by atoms with Crippen molar-refractivity contribution in [3.8, 4) is 0 Å². The number of esters is 1. The van der Waals surface area contributed by atoms with Crippen LogP contribution in [0.3, 0.4) is 0 Å². The molecule has 4 rings (SSSR count). The Hall–Kier alpha value is -1.62. The lowest BCUT2D eigenvalue weighted by Crippen LogP contribution is -2.47. The van der Waals surface area contributed by atoms with Crippen LogP contribution in [-0.2, 0) is 9.53 Å². The first-order chi connectivity index (χ1) is 16.2. The van der Waals surface area contributed by atoms with Crippen LogP contribution in [0, 0.1) is 22.7 Å². The lowest BCUT2D eigenvalue weighted by atomic mass is 9.49. The second kappa shape index (κ2) is 10.6. The van der Waals surface area contributed by atoms with E-state index < -0.39 is 0 Å². The van der Waals surface area contributed by atoms with Crippen molar-refractivity contribution in [2.24, 2.45) is 22.7 Å². The smallest absolute Gasteiger partial charge is 0.302 e. The summed E-state index contributed by atoms with van der Waals surface area (Å²) in [5, 5.41) is 0. The number of pyridine rings is 1. The first-order valence-electron chi connectivity index (χ1n) is 13.7. The Morgan fingerprint density at radius 3 is 2.41 bits per heavy atom. The third kappa shape index (κ3) is 5.95. The number of nitrogens with zero attached hydrogens (tertiary/aromatic N) is 3. The van der Waals surface area contributed by atoms with Crippen molar-refractivity contribution in [2.75, 3.05) is 44.2 Å².